The molecule has 0 bridgehead atoms. The van der Waals surface area contributed by atoms with Crippen molar-refractivity contribution in [3.8, 4) is 5.75 Å². The lowest BCUT2D eigenvalue weighted by molar-refractivity contribution is 0.402. The summed E-state index contributed by atoms with van der Waals surface area (Å²) in [5.74, 6) is 0.313. The van der Waals surface area contributed by atoms with Gasteiger partial charge in [0.1, 0.15) is 10.6 Å². The lowest BCUT2D eigenvalue weighted by Crippen LogP contribution is -2.26. The van der Waals surface area contributed by atoms with Crippen LogP contribution in [0.5, 0.6) is 5.75 Å². The van der Waals surface area contributed by atoms with E-state index in [1.807, 2.05) is 0 Å². The van der Waals surface area contributed by atoms with E-state index in [9.17, 15) is 8.42 Å². The summed E-state index contributed by atoms with van der Waals surface area (Å²) in [6.07, 6.45) is 0.593. The zero-order chi connectivity index (χ0) is 12.9. The molecule has 1 rings (SSSR count). The highest BCUT2D eigenvalue weighted by molar-refractivity contribution is 9.10. The van der Waals surface area contributed by atoms with Gasteiger partial charge in [-0.2, -0.15) is 0 Å². The third-order valence-electron chi connectivity index (χ3n) is 2.09. The average Bonchev–Trinajstić information content (AvgIpc) is 2.29. The van der Waals surface area contributed by atoms with E-state index < -0.39 is 10.0 Å². The molecule has 0 fully saturated rings. The van der Waals surface area contributed by atoms with Crippen molar-refractivity contribution < 1.29 is 13.2 Å². The summed E-state index contributed by atoms with van der Waals surface area (Å²) in [4.78, 5) is 0.117. The first-order valence-electron chi connectivity index (χ1n) is 5.04. The molecule has 5 nitrogen and oxygen atoms in total. The molecule has 0 aromatic heterocycles. The molecule has 0 heterocycles. The van der Waals surface area contributed by atoms with Gasteiger partial charge in [0, 0.05) is 11.0 Å². The quantitative estimate of drug-likeness (QED) is 0.754. The second-order valence-corrected chi connectivity index (χ2v) is 5.99. The zero-order valence-corrected chi connectivity index (χ0v) is 13.1. The summed E-state index contributed by atoms with van der Waals surface area (Å²) in [7, 11) is -2.13. The minimum absolute atomic E-state index is 0. The van der Waals surface area contributed by atoms with Gasteiger partial charge in [-0.3, -0.25) is 0 Å². The maximum absolute atomic E-state index is 12.0. The van der Waals surface area contributed by atoms with Crippen LogP contribution in [0.3, 0.4) is 0 Å². The fourth-order valence-corrected chi connectivity index (χ4v) is 3.03. The molecule has 0 saturated heterocycles. The second-order valence-electron chi connectivity index (χ2n) is 3.34. The molecule has 0 spiro atoms. The Morgan fingerprint density at radius 1 is 1.44 bits per heavy atom. The molecule has 0 unspecified atom stereocenters. The molecule has 18 heavy (non-hydrogen) atoms. The SMILES string of the molecule is COc1ccc(Br)cc1S(=O)(=O)NCCCN.Cl. The van der Waals surface area contributed by atoms with Crippen LogP contribution in [-0.2, 0) is 10.0 Å². The maximum Gasteiger partial charge on any atom is 0.244 e. The monoisotopic (exact) mass is 358 g/mol. The van der Waals surface area contributed by atoms with Gasteiger partial charge < -0.3 is 10.5 Å². The molecule has 0 radical (unpaired) electrons. The first kappa shape index (κ1) is 17.7. The van der Waals surface area contributed by atoms with Gasteiger partial charge in [-0.1, -0.05) is 15.9 Å². The second kappa shape index (κ2) is 7.96. The molecule has 1 aromatic carbocycles. The molecule has 0 saturated carbocycles. The zero-order valence-electron chi connectivity index (χ0n) is 9.85. The first-order valence-corrected chi connectivity index (χ1v) is 7.32. The van der Waals surface area contributed by atoms with Crippen LogP contribution >= 0.6 is 28.3 Å². The summed E-state index contributed by atoms with van der Waals surface area (Å²) in [5, 5.41) is 0. The fraction of sp³-hybridized carbons (Fsp3) is 0.400. The molecule has 0 aliphatic carbocycles. The summed E-state index contributed by atoms with van der Waals surface area (Å²) < 4.78 is 32.1. The van der Waals surface area contributed by atoms with Crippen LogP contribution in [0, 0.1) is 0 Å². The van der Waals surface area contributed by atoms with E-state index in [2.05, 4.69) is 20.7 Å². The van der Waals surface area contributed by atoms with Crippen molar-refractivity contribution >= 4 is 38.4 Å². The Kier molecular flexibility index (Phi) is 7.81. The number of sulfonamides is 1. The summed E-state index contributed by atoms with van der Waals surface area (Å²) in [6, 6.07) is 4.82. The topological polar surface area (TPSA) is 81.4 Å². The fourth-order valence-electron chi connectivity index (χ4n) is 1.25. The van der Waals surface area contributed by atoms with Crippen molar-refractivity contribution in [2.24, 2.45) is 5.73 Å². The van der Waals surface area contributed by atoms with E-state index >= 15 is 0 Å². The van der Waals surface area contributed by atoms with E-state index in [0.717, 1.165) is 0 Å². The minimum Gasteiger partial charge on any atom is -0.495 e. The number of rotatable bonds is 6. The third kappa shape index (κ3) is 4.74. The Hall–Kier alpha value is -0.340. The number of nitrogens with two attached hydrogens (primary N) is 1. The molecule has 8 heteroatoms. The van der Waals surface area contributed by atoms with Crippen LogP contribution in [0.1, 0.15) is 6.42 Å². The van der Waals surface area contributed by atoms with E-state index in [1.165, 1.54) is 13.2 Å². The Morgan fingerprint density at radius 3 is 2.67 bits per heavy atom. The molecule has 1 aromatic rings. The molecule has 104 valence electrons. The number of nitrogens with one attached hydrogen (secondary N) is 1. The Labute approximate surface area is 122 Å². The average molecular weight is 360 g/mol. The third-order valence-corrected chi connectivity index (χ3v) is 4.06. The predicted octanol–water partition coefficient (Wildman–Crippen LogP) is 1.51. The van der Waals surface area contributed by atoms with Gasteiger partial charge in [-0.15, -0.1) is 12.4 Å². The normalized spacial score (nSPS) is 10.8. The number of halogens is 2. The number of benzene rings is 1. The van der Waals surface area contributed by atoms with Gasteiger partial charge >= 0.3 is 0 Å². The molecule has 0 atom stereocenters. The molecular weight excluding hydrogens is 344 g/mol. The van der Waals surface area contributed by atoms with Crippen LogP contribution in [-0.4, -0.2) is 28.6 Å². The predicted molar refractivity (Wildman–Crippen MR) is 76.8 cm³/mol. The van der Waals surface area contributed by atoms with Crippen LogP contribution in [0.25, 0.3) is 0 Å². The molecule has 0 amide bonds. The lowest BCUT2D eigenvalue weighted by Gasteiger charge is -2.10. The maximum atomic E-state index is 12.0. The van der Waals surface area contributed by atoms with Crippen molar-refractivity contribution in [2.45, 2.75) is 11.3 Å². The van der Waals surface area contributed by atoms with E-state index in [0.29, 0.717) is 29.7 Å². The largest absolute Gasteiger partial charge is 0.495 e. The smallest absolute Gasteiger partial charge is 0.244 e. The highest BCUT2D eigenvalue weighted by Crippen LogP contribution is 2.26. The highest BCUT2D eigenvalue weighted by Gasteiger charge is 2.19. The highest BCUT2D eigenvalue weighted by atomic mass is 79.9. The Bertz CT molecular complexity index is 482. The van der Waals surface area contributed by atoms with Crippen molar-refractivity contribution in [1.29, 1.82) is 0 Å². The molecular formula is C10H16BrClN2O3S. The Morgan fingerprint density at radius 2 is 2.11 bits per heavy atom. The summed E-state index contributed by atoms with van der Waals surface area (Å²) >= 11 is 3.23. The first-order chi connectivity index (χ1) is 8.01. The Balaban J connectivity index is 0.00000289. The van der Waals surface area contributed by atoms with Crippen molar-refractivity contribution in [2.75, 3.05) is 20.2 Å². The van der Waals surface area contributed by atoms with Gasteiger partial charge in [-0.25, -0.2) is 13.1 Å². The van der Waals surface area contributed by atoms with E-state index in [1.54, 1.807) is 12.1 Å². The van der Waals surface area contributed by atoms with Crippen molar-refractivity contribution in [3.63, 3.8) is 0 Å². The van der Waals surface area contributed by atoms with E-state index in [4.69, 9.17) is 10.5 Å². The van der Waals surface area contributed by atoms with Gasteiger partial charge in [0.2, 0.25) is 10.0 Å². The van der Waals surface area contributed by atoms with Crippen LogP contribution < -0.4 is 15.2 Å². The van der Waals surface area contributed by atoms with Crippen LogP contribution in [0.4, 0.5) is 0 Å². The van der Waals surface area contributed by atoms with Crippen molar-refractivity contribution in [1.82, 2.24) is 4.72 Å². The van der Waals surface area contributed by atoms with E-state index in [-0.39, 0.29) is 17.3 Å². The van der Waals surface area contributed by atoms with Gasteiger partial charge in [-0.05, 0) is 31.2 Å². The summed E-state index contributed by atoms with van der Waals surface area (Å²) in [5.41, 5.74) is 5.31. The molecule has 0 aliphatic rings. The van der Waals surface area contributed by atoms with Gasteiger partial charge in [0.25, 0.3) is 0 Å². The number of ether oxygens (including phenoxy) is 1. The number of methoxy groups -OCH3 is 1. The minimum atomic E-state index is -3.56. The van der Waals surface area contributed by atoms with Crippen LogP contribution in [0.15, 0.2) is 27.6 Å². The van der Waals surface area contributed by atoms with Gasteiger partial charge in [0.05, 0.1) is 7.11 Å². The molecule has 3 N–H and O–H groups in total. The van der Waals surface area contributed by atoms with Crippen molar-refractivity contribution in [3.05, 3.63) is 22.7 Å². The summed E-state index contributed by atoms with van der Waals surface area (Å²) in [6.45, 7) is 0.757. The lowest BCUT2D eigenvalue weighted by atomic mass is 10.3. The number of hydrogen-bond donors (Lipinski definition) is 2. The molecule has 0 aliphatic heterocycles. The number of hydrogen-bond acceptors (Lipinski definition) is 4. The van der Waals surface area contributed by atoms with Crippen LogP contribution in [0.2, 0.25) is 0 Å². The standard InChI is InChI=1S/C10H15BrN2O3S.ClH/c1-16-9-4-3-8(11)7-10(9)17(14,15)13-6-2-5-12;/h3-4,7,13H,2,5-6,12H2,1H3;1H. The van der Waals surface area contributed by atoms with Gasteiger partial charge in [0.15, 0.2) is 0 Å².